The van der Waals surface area contributed by atoms with Gasteiger partial charge in [-0.05, 0) is 42.7 Å². The van der Waals surface area contributed by atoms with Crippen molar-refractivity contribution >= 4 is 40.0 Å². The molecule has 0 aliphatic carbocycles. The first kappa shape index (κ1) is 19.6. The molecular formula is C21H21N5OS2. The van der Waals surface area contributed by atoms with Gasteiger partial charge >= 0.3 is 0 Å². The number of pyridine rings is 1. The Balaban J connectivity index is 1.46. The number of rotatable bonds is 8. The van der Waals surface area contributed by atoms with Crippen molar-refractivity contribution in [2.45, 2.75) is 18.9 Å². The van der Waals surface area contributed by atoms with Crippen LogP contribution in [0.25, 0.3) is 21.7 Å². The van der Waals surface area contributed by atoms with Crippen LogP contribution in [0.2, 0.25) is 0 Å². The first-order valence-corrected chi connectivity index (χ1v) is 11.6. The van der Waals surface area contributed by atoms with Crippen LogP contribution in [0.5, 0.6) is 0 Å². The van der Waals surface area contributed by atoms with Crippen LogP contribution in [0.15, 0.2) is 54.0 Å². The molecule has 4 aromatic rings. The Morgan fingerprint density at radius 3 is 2.86 bits per heavy atom. The highest BCUT2D eigenvalue weighted by molar-refractivity contribution is 7.98. The number of thioether (sulfide) groups is 1. The summed E-state index contributed by atoms with van der Waals surface area (Å²) in [5.74, 6) is 1.66. The lowest BCUT2D eigenvalue weighted by Crippen LogP contribution is -2.31. The lowest BCUT2D eigenvalue weighted by molar-refractivity contribution is -0.121. The number of benzene rings is 1. The van der Waals surface area contributed by atoms with Gasteiger partial charge in [0.1, 0.15) is 10.8 Å². The lowest BCUT2D eigenvalue weighted by atomic mass is 10.2. The number of fused-ring (bicyclic) bond motifs is 1. The van der Waals surface area contributed by atoms with Crippen molar-refractivity contribution in [3.05, 3.63) is 65.6 Å². The zero-order chi connectivity index (χ0) is 20.1. The lowest BCUT2D eigenvalue weighted by Gasteiger charge is -2.16. The zero-order valence-electron chi connectivity index (χ0n) is 16.0. The third-order valence-electron chi connectivity index (χ3n) is 4.46. The quantitative estimate of drug-likeness (QED) is 0.443. The Kier molecular flexibility index (Phi) is 6.21. The number of para-hydroxylation sites is 2. The van der Waals surface area contributed by atoms with Gasteiger partial charge in [-0.25, -0.2) is 9.97 Å². The van der Waals surface area contributed by atoms with Gasteiger partial charge in [0.05, 0.1) is 34.9 Å². The first-order valence-electron chi connectivity index (χ1n) is 9.31. The SMILES string of the molecule is CSCC[C@H](NC(=O)Cc1csc(-c2ccccn2)n1)c1nc2ccccc2[nH]1. The van der Waals surface area contributed by atoms with Crippen LogP contribution in [0.3, 0.4) is 0 Å². The van der Waals surface area contributed by atoms with E-state index in [-0.39, 0.29) is 18.4 Å². The van der Waals surface area contributed by atoms with Crippen molar-refractivity contribution < 1.29 is 4.79 Å². The van der Waals surface area contributed by atoms with Crippen molar-refractivity contribution in [2.24, 2.45) is 0 Å². The summed E-state index contributed by atoms with van der Waals surface area (Å²) in [6.07, 6.45) is 4.85. The van der Waals surface area contributed by atoms with Crippen LogP contribution < -0.4 is 5.32 Å². The molecule has 4 rings (SSSR count). The van der Waals surface area contributed by atoms with Crippen molar-refractivity contribution in [1.82, 2.24) is 25.3 Å². The minimum atomic E-state index is -0.156. The van der Waals surface area contributed by atoms with Crippen LogP contribution >= 0.6 is 23.1 Å². The molecule has 0 aliphatic rings. The Hall–Kier alpha value is -2.71. The summed E-state index contributed by atoms with van der Waals surface area (Å²) in [5, 5.41) is 5.87. The Morgan fingerprint density at radius 2 is 2.07 bits per heavy atom. The van der Waals surface area contributed by atoms with E-state index in [4.69, 9.17) is 0 Å². The Morgan fingerprint density at radius 1 is 1.21 bits per heavy atom. The van der Waals surface area contributed by atoms with Gasteiger partial charge in [0.25, 0.3) is 0 Å². The van der Waals surface area contributed by atoms with Gasteiger partial charge in [0.15, 0.2) is 0 Å². The normalized spacial score (nSPS) is 12.2. The second-order valence-corrected chi connectivity index (χ2v) is 8.42. The fourth-order valence-corrected chi connectivity index (χ4v) is 4.32. The van der Waals surface area contributed by atoms with Gasteiger partial charge < -0.3 is 10.3 Å². The average Bonchev–Trinajstić information content (AvgIpc) is 3.38. The maximum atomic E-state index is 12.7. The molecule has 6 nitrogen and oxygen atoms in total. The van der Waals surface area contributed by atoms with E-state index in [0.717, 1.165) is 45.4 Å². The number of nitrogens with zero attached hydrogens (tertiary/aromatic N) is 3. The number of aromatic nitrogens is 4. The second kappa shape index (κ2) is 9.19. The number of carbonyl (C=O) groups excluding carboxylic acids is 1. The highest BCUT2D eigenvalue weighted by Gasteiger charge is 2.19. The topological polar surface area (TPSA) is 83.6 Å². The summed E-state index contributed by atoms with van der Waals surface area (Å²) < 4.78 is 0. The van der Waals surface area contributed by atoms with Crippen molar-refractivity contribution in [3.63, 3.8) is 0 Å². The molecular weight excluding hydrogens is 402 g/mol. The van der Waals surface area contributed by atoms with Gasteiger partial charge in [0, 0.05) is 11.6 Å². The Bertz CT molecular complexity index is 1060. The molecule has 3 heterocycles. The highest BCUT2D eigenvalue weighted by atomic mass is 32.2. The molecule has 29 heavy (non-hydrogen) atoms. The fraction of sp³-hybridized carbons (Fsp3) is 0.238. The summed E-state index contributed by atoms with van der Waals surface area (Å²) in [4.78, 5) is 29.6. The Labute approximate surface area is 177 Å². The van der Waals surface area contributed by atoms with Crippen molar-refractivity contribution in [3.8, 4) is 10.7 Å². The summed E-state index contributed by atoms with van der Waals surface area (Å²) in [6, 6.07) is 13.5. The fourth-order valence-electron chi connectivity index (χ4n) is 3.06. The molecule has 8 heteroatoms. The average molecular weight is 424 g/mol. The molecule has 0 aliphatic heterocycles. The first-order chi connectivity index (χ1) is 14.2. The molecule has 3 aromatic heterocycles. The molecule has 1 atom stereocenters. The van der Waals surface area contributed by atoms with Crippen molar-refractivity contribution in [2.75, 3.05) is 12.0 Å². The third kappa shape index (κ3) is 4.83. The minimum Gasteiger partial charge on any atom is -0.346 e. The summed E-state index contributed by atoms with van der Waals surface area (Å²) in [6.45, 7) is 0. The molecule has 1 aromatic carbocycles. The van der Waals surface area contributed by atoms with E-state index in [1.54, 1.807) is 18.0 Å². The molecule has 1 amide bonds. The zero-order valence-corrected chi connectivity index (χ0v) is 17.6. The molecule has 0 fully saturated rings. The van der Waals surface area contributed by atoms with Gasteiger partial charge in [-0.2, -0.15) is 11.8 Å². The summed E-state index contributed by atoms with van der Waals surface area (Å²) in [7, 11) is 0. The number of hydrogen-bond donors (Lipinski definition) is 2. The number of nitrogens with one attached hydrogen (secondary N) is 2. The number of H-pyrrole nitrogens is 1. The number of aromatic amines is 1. The predicted octanol–water partition coefficient (Wildman–Crippen LogP) is 4.23. The number of thiazole rings is 1. The van der Waals surface area contributed by atoms with Crippen LogP contribution in [-0.2, 0) is 11.2 Å². The molecule has 0 saturated carbocycles. The van der Waals surface area contributed by atoms with Gasteiger partial charge in [-0.3, -0.25) is 9.78 Å². The maximum Gasteiger partial charge on any atom is 0.226 e. The number of carbonyl (C=O) groups is 1. The number of imidazole rings is 1. The summed E-state index contributed by atoms with van der Waals surface area (Å²) in [5.41, 5.74) is 3.46. The van der Waals surface area contributed by atoms with Crippen LogP contribution in [0.4, 0.5) is 0 Å². The smallest absolute Gasteiger partial charge is 0.226 e. The number of amides is 1. The molecule has 0 unspecified atom stereocenters. The molecule has 0 bridgehead atoms. The van der Waals surface area contributed by atoms with E-state index in [0.29, 0.717) is 0 Å². The van der Waals surface area contributed by atoms with Gasteiger partial charge in [-0.1, -0.05) is 18.2 Å². The maximum absolute atomic E-state index is 12.7. The monoisotopic (exact) mass is 423 g/mol. The molecule has 0 spiro atoms. The molecule has 148 valence electrons. The van der Waals surface area contributed by atoms with Crippen LogP contribution in [0.1, 0.15) is 24.0 Å². The van der Waals surface area contributed by atoms with E-state index in [1.165, 1.54) is 11.3 Å². The van der Waals surface area contributed by atoms with Crippen molar-refractivity contribution in [1.29, 1.82) is 0 Å². The molecule has 0 radical (unpaired) electrons. The van der Waals surface area contributed by atoms with E-state index in [1.807, 2.05) is 47.8 Å². The highest BCUT2D eigenvalue weighted by Crippen LogP contribution is 2.23. The minimum absolute atomic E-state index is 0.0607. The van der Waals surface area contributed by atoms with Crippen LogP contribution in [0, 0.1) is 0 Å². The van der Waals surface area contributed by atoms with E-state index in [9.17, 15) is 4.79 Å². The van der Waals surface area contributed by atoms with E-state index >= 15 is 0 Å². The number of hydrogen-bond acceptors (Lipinski definition) is 6. The van der Waals surface area contributed by atoms with Crippen LogP contribution in [-0.4, -0.2) is 37.9 Å². The van der Waals surface area contributed by atoms with Gasteiger partial charge in [-0.15, -0.1) is 11.3 Å². The van der Waals surface area contributed by atoms with Gasteiger partial charge in [0.2, 0.25) is 5.91 Å². The van der Waals surface area contributed by atoms with E-state index in [2.05, 4.69) is 31.5 Å². The summed E-state index contributed by atoms with van der Waals surface area (Å²) >= 11 is 3.25. The predicted molar refractivity (Wildman–Crippen MR) is 119 cm³/mol. The standard InChI is InChI=1S/C21H21N5OS2/c1-28-11-9-17(20-25-15-6-2-3-7-16(15)26-20)24-19(27)12-14-13-29-21(23-14)18-8-4-5-10-22-18/h2-8,10,13,17H,9,11-12H2,1H3,(H,24,27)(H,25,26)/t17-/m0/s1. The molecule has 2 N–H and O–H groups in total. The third-order valence-corrected chi connectivity index (χ3v) is 6.02. The molecule has 0 saturated heterocycles. The second-order valence-electron chi connectivity index (χ2n) is 6.58. The largest absolute Gasteiger partial charge is 0.346 e. The van der Waals surface area contributed by atoms with E-state index < -0.39 is 0 Å².